The fraction of sp³-hybridized carbons (Fsp3) is 0.361. The summed E-state index contributed by atoms with van der Waals surface area (Å²) in [5, 5.41) is 12.8. The largest absolute Gasteiger partial charge is 0.444 e. The van der Waals surface area contributed by atoms with Gasteiger partial charge in [-0.3, -0.25) is 37.9 Å². The van der Waals surface area contributed by atoms with Crippen LogP contribution in [0.1, 0.15) is 162 Å². The van der Waals surface area contributed by atoms with Crippen LogP contribution in [0.15, 0.2) is 155 Å². The highest BCUT2D eigenvalue weighted by Crippen LogP contribution is 2.44. The van der Waals surface area contributed by atoms with E-state index in [2.05, 4.69) is 21.3 Å². The Kier molecular flexibility index (Phi) is 18.9. The van der Waals surface area contributed by atoms with Crippen LogP contribution in [0.5, 0.6) is 0 Å². The molecule has 2 aromatic heterocycles. The molecule has 4 unspecified atom stereocenters. The maximum atomic E-state index is 14.2. The minimum atomic E-state index is -0.791. The minimum absolute atomic E-state index is 0. The van der Waals surface area contributed by atoms with Crippen LogP contribution in [-0.2, 0) is 19.1 Å². The van der Waals surface area contributed by atoms with Crippen LogP contribution in [0.25, 0.3) is 33.2 Å². The van der Waals surface area contributed by atoms with Gasteiger partial charge in [0.25, 0.3) is 22.9 Å². The Morgan fingerprint density at radius 3 is 1.19 bits per heavy atom. The normalized spacial score (nSPS) is 17.7. The Bertz CT molecular complexity index is 4060. The molecule has 12 rings (SSSR count). The molecule has 6 N–H and O–H groups in total. The zero-order chi connectivity index (χ0) is 65.5. The first-order chi connectivity index (χ1) is 43.8. The van der Waals surface area contributed by atoms with Crippen LogP contribution >= 0.6 is 0 Å². The first kappa shape index (κ1) is 65.9. The number of benzene rings is 6. The number of ether oxygens (including phenoxy) is 2. The Morgan fingerprint density at radius 1 is 0.495 bits per heavy atom. The number of rotatable bonds is 12. The van der Waals surface area contributed by atoms with Gasteiger partial charge < -0.3 is 46.0 Å². The van der Waals surface area contributed by atoms with Crippen molar-refractivity contribution in [2.24, 2.45) is 11.8 Å². The molecule has 0 spiro atoms. The van der Waals surface area contributed by atoms with Gasteiger partial charge in [0.2, 0.25) is 11.8 Å². The molecule has 4 aliphatic rings. The molecular weight excluding hydrogens is 1180 g/mol. The third-order valence-electron chi connectivity index (χ3n) is 16.7. The van der Waals surface area contributed by atoms with Crippen molar-refractivity contribution in [3.05, 3.63) is 200 Å². The molecule has 8 aromatic rings. The lowest BCUT2D eigenvalue weighted by molar-refractivity contribution is -0.121. The van der Waals surface area contributed by atoms with Crippen LogP contribution in [0.2, 0.25) is 0 Å². The molecule has 0 bridgehead atoms. The second kappa shape index (κ2) is 26.7. The van der Waals surface area contributed by atoms with E-state index in [0.29, 0.717) is 94.7 Å². The van der Waals surface area contributed by atoms with E-state index in [9.17, 15) is 38.4 Å². The van der Waals surface area contributed by atoms with Crippen LogP contribution in [0.3, 0.4) is 0 Å². The molecule has 4 aliphatic heterocycles. The van der Waals surface area contributed by atoms with Gasteiger partial charge in [-0.15, -0.1) is 0 Å². The van der Waals surface area contributed by atoms with Gasteiger partial charge in [0, 0.05) is 36.3 Å². The van der Waals surface area contributed by atoms with Crippen molar-refractivity contribution in [2.75, 3.05) is 22.9 Å². The lowest BCUT2D eigenvalue weighted by Crippen LogP contribution is -2.50. The van der Waals surface area contributed by atoms with Crippen LogP contribution in [0, 0.1) is 11.8 Å². The lowest BCUT2D eigenvalue weighted by atomic mass is 9.93. The number of hydrogen-bond donors (Lipinski definition) is 4. The average molecular weight is 1260 g/mol. The van der Waals surface area contributed by atoms with E-state index in [1.165, 1.54) is 0 Å². The zero-order valence-corrected chi connectivity index (χ0v) is 54.0. The topological polar surface area (TPSA) is 277 Å². The van der Waals surface area contributed by atoms with Crippen LogP contribution < -0.4 is 42.2 Å². The van der Waals surface area contributed by atoms with Gasteiger partial charge in [0.15, 0.2) is 0 Å². The van der Waals surface area contributed by atoms with Gasteiger partial charge in [0.1, 0.15) is 34.9 Å². The molecule has 0 radical (unpaired) electrons. The van der Waals surface area contributed by atoms with E-state index in [1.807, 2.05) is 88.4 Å². The van der Waals surface area contributed by atoms with Crippen LogP contribution in [0.4, 0.5) is 21.0 Å². The number of alkyl carbamates (subject to hydrolysis) is 2. The van der Waals surface area contributed by atoms with E-state index >= 15 is 0 Å². The Labute approximate surface area is 539 Å². The fourth-order valence-corrected chi connectivity index (χ4v) is 12.9. The molecule has 6 aromatic carbocycles. The summed E-state index contributed by atoms with van der Waals surface area (Å²) in [6, 6.07) is 41.0. The van der Waals surface area contributed by atoms with Crippen molar-refractivity contribution in [3.8, 4) is 11.4 Å². The summed E-state index contributed by atoms with van der Waals surface area (Å²) in [5.41, 5.74) is 4.32. The Balaban J connectivity index is 0.000000201. The number of anilines is 2. The SMILES string of the molecule is CC(C)C[C@H](NC(=O)OC(C)(C)C)C(=O)N1CC(CC2NC(=O)c3ccccc3-n3c2nc2ccccc2c3=O)c2ccccc21.CC(C)C[C@H](NC(=O)OC(C)(C)C)C(=O)N1CC(CC2NC(=O)c3ccccc3-n3c2nc2ccccc2c3=O)c2ccccc21.O. The predicted molar refractivity (Wildman–Crippen MR) is 356 cm³/mol. The summed E-state index contributed by atoms with van der Waals surface area (Å²) in [7, 11) is 0. The zero-order valence-electron chi connectivity index (χ0n) is 54.0. The van der Waals surface area contributed by atoms with Crippen molar-refractivity contribution in [1.82, 2.24) is 40.4 Å². The molecular formula is C72H80N10O11. The predicted octanol–water partition coefficient (Wildman–Crippen LogP) is 10.4. The fourth-order valence-electron chi connectivity index (χ4n) is 12.9. The molecule has 6 atom stereocenters. The Hall–Kier alpha value is -10.0. The van der Waals surface area contributed by atoms with Gasteiger partial charge in [-0.25, -0.2) is 19.6 Å². The second-order valence-electron chi connectivity index (χ2n) is 26.9. The third kappa shape index (κ3) is 13.9. The molecule has 6 heterocycles. The number of carbonyl (C=O) groups is 6. The number of fused-ring (bicyclic) bond motifs is 10. The van der Waals surface area contributed by atoms with E-state index < -0.39 is 47.6 Å². The summed E-state index contributed by atoms with van der Waals surface area (Å²) < 4.78 is 14.1. The summed E-state index contributed by atoms with van der Waals surface area (Å²) in [6.45, 7) is 19.3. The van der Waals surface area contributed by atoms with E-state index in [0.717, 1.165) is 22.5 Å². The van der Waals surface area contributed by atoms with Gasteiger partial charge in [0.05, 0.1) is 56.4 Å². The molecule has 0 aliphatic carbocycles. The number of amides is 6. The number of nitrogens with zero attached hydrogens (tertiary/aromatic N) is 6. The number of para-hydroxylation sites is 6. The molecule has 21 heteroatoms. The third-order valence-corrected chi connectivity index (χ3v) is 16.7. The molecule has 484 valence electrons. The van der Waals surface area contributed by atoms with Crippen molar-refractivity contribution in [3.63, 3.8) is 0 Å². The van der Waals surface area contributed by atoms with Crippen molar-refractivity contribution >= 4 is 69.0 Å². The maximum Gasteiger partial charge on any atom is 0.408 e. The van der Waals surface area contributed by atoms with E-state index in [1.54, 1.807) is 145 Å². The van der Waals surface area contributed by atoms with Crippen molar-refractivity contribution in [2.45, 2.75) is 142 Å². The molecule has 93 heavy (non-hydrogen) atoms. The van der Waals surface area contributed by atoms with E-state index in [-0.39, 0.29) is 63.9 Å². The average Bonchev–Trinajstić information content (AvgIpc) is 1.73. The number of nitrogens with one attached hydrogen (secondary N) is 4. The molecule has 6 amide bonds. The summed E-state index contributed by atoms with van der Waals surface area (Å²) >= 11 is 0. The Morgan fingerprint density at radius 2 is 0.828 bits per heavy atom. The van der Waals surface area contributed by atoms with E-state index in [4.69, 9.17) is 19.4 Å². The first-order valence-corrected chi connectivity index (χ1v) is 31.5. The molecule has 0 saturated heterocycles. The van der Waals surface area contributed by atoms with Gasteiger partial charge in [-0.2, -0.15) is 0 Å². The van der Waals surface area contributed by atoms with Crippen LogP contribution in [-0.4, -0.2) is 96.8 Å². The lowest BCUT2D eigenvalue weighted by Gasteiger charge is -2.28. The van der Waals surface area contributed by atoms with Crippen molar-refractivity contribution in [1.29, 1.82) is 0 Å². The minimum Gasteiger partial charge on any atom is -0.444 e. The number of carbonyl (C=O) groups excluding carboxylic acids is 6. The van der Waals surface area contributed by atoms with Crippen molar-refractivity contribution < 1.29 is 43.7 Å². The molecule has 21 nitrogen and oxygen atoms in total. The highest BCUT2D eigenvalue weighted by molar-refractivity contribution is 6.03. The smallest absolute Gasteiger partial charge is 0.408 e. The summed E-state index contributed by atoms with van der Waals surface area (Å²) in [6.07, 6.45) is 0.365. The summed E-state index contributed by atoms with van der Waals surface area (Å²) in [4.78, 5) is 122. The number of hydrogen-bond acceptors (Lipinski definition) is 12. The maximum absolute atomic E-state index is 14.2. The highest BCUT2D eigenvalue weighted by Gasteiger charge is 2.42. The highest BCUT2D eigenvalue weighted by atomic mass is 16.6. The van der Waals surface area contributed by atoms with Gasteiger partial charge in [-0.1, -0.05) is 113 Å². The number of aromatic nitrogens is 4. The quantitative estimate of drug-likeness (QED) is 0.0889. The standard InChI is InChI=1S/2C36H39N5O5.H2O/c2*1-21(2)18-28(39-35(45)46-36(3,4)5)34(44)40-20-22(23-12-7-10-16-29(23)40)19-27-31-37-26-15-9-6-13-24(26)33(43)41(31)30-17-11-8-14-25(30)32(42)38-27;/h2*6-17,21-22,27-28H,18-20H2,1-5H3,(H,38,42)(H,39,45);1H2/t2*22?,27?,28-;/m00./s1. The van der Waals surface area contributed by atoms with Gasteiger partial charge in [-0.05, 0) is 151 Å². The second-order valence-corrected chi connectivity index (χ2v) is 26.9. The molecule has 0 fully saturated rings. The molecule has 0 saturated carbocycles. The summed E-state index contributed by atoms with van der Waals surface area (Å²) in [5.74, 6) is -0.289. The first-order valence-electron chi connectivity index (χ1n) is 31.5. The monoisotopic (exact) mass is 1260 g/mol. The van der Waals surface area contributed by atoms with Gasteiger partial charge >= 0.3 is 12.2 Å².